The molecule has 1 aromatic rings. The number of fused-ring (bicyclic) bond motifs is 1. The van der Waals surface area contributed by atoms with Crippen molar-refractivity contribution in [2.75, 3.05) is 0 Å². The highest BCUT2D eigenvalue weighted by Crippen LogP contribution is 2.16. The van der Waals surface area contributed by atoms with Crippen LogP contribution in [-0.2, 0) is 22.5 Å². The third kappa shape index (κ3) is 1.95. The van der Waals surface area contributed by atoms with Gasteiger partial charge in [0.25, 0.3) is 0 Å². The molecule has 5 nitrogen and oxygen atoms in total. The molecule has 1 aliphatic heterocycles. The average Bonchev–Trinajstić information content (AvgIpc) is 2.62. The summed E-state index contributed by atoms with van der Waals surface area (Å²) in [7, 11) is -0.906. The number of benzene rings is 1. The van der Waals surface area contributed by atoms with Gasteiger partial charge in [-0.25, -0.2) is 0 Å². The normalized spacial score (nSPS) is 16.0. The minimum absolute atomic E-state index is 0.245. The Morgan fingerprint density at radius 3 is 3.06 bits per heavy atom. The molecule has 0 unspecified atom stereocenters. The number of carbonyl (C=O) groups is 1. The van der Waals surface area contributed by atoms with Crippen LogP contribution in [0.25, 0.3) is 0 Å². The number of carboxylic acid groups (broad SMARTS) is 1. The smallest absolute Gasteiger partial charge is 0.480 e. The van der Waals surface area contributed by atoms with Crippen LogP contribution < -0.4 is 11.2 Å². The maximum Gasteiger partial charge on any atom is 0.491 e. The van der Waals surface area contributed by atoms with Crippen molar-refractivity contribution in [3.05, 3.63) is 29.3 Å². The summed E-state index contributed by atoms with van der Waals surface area (Å²) in [5, 5.41) is 18.2. The van der Waals surface area contributed by atoms with E-state index in [1.54, 1.807) is 12.1 Å². The van der Waals surface area contributed by atoms with Crippen molar-refractivity contribution in [2.24, 2.45) is 5.73 Å². The molecule has 0 fully saturated rings. The van der Waals surface area contributed by atoms with Crippen molar-refractivity contribution in [1.82, 2.24) is 0 Å². The number of aliphatic carboxylic acids is 1. The zero-order valence-electron chi connectivity index (χ0n) is 8.59. The van der Waals surface area contributed by atoms with E-state index < -0.39 is 19.1 Å². The lowest BCUT2D eigenvalue weighted by Crippen LogP contribution is -2.33. The molecule has 0 spiro atoms. The first-order valence-electron chi connectivity index (χ1n) is 4.98. The van der Waals surface area contributed by atoms with E-state index in [2.05, 4.69) is 0 Å². The van der Waals surface area contributed by atoms with Crippen LogP contribution in [0, 0.1) is 0 Å². The minimum Gasteiger partial charge on any atom is -0.480 e. The van der Waals surface area contributed by atoms with Gasteiger partial charge in [0, 0.05) is 0 Å². The Labute approximate surface area is 93.0 Å². The van der Waals surface area contributed by atoms with E-state index in [4.69, 9.17) is 15.5 Å². The van der Waals surface area contributed by atoms with E-state index in [-0.39, 0.29) is 6.42 Å². The summed E-state index contributed by atoms with van der Waals surface area (Å²) in [4.78, 5) is 10.7. The van der Waals surface area contributed by atoms with E-state index >= 15 is 0 Å². The molecule has 1 heterocycles. The number of rotatable bonds is 3. The molecule has 0 saturated carbocycles. The largest absolute Gasteiger partial charge is 0.491 e. The predicted octanol–water partition coefficient (Wildman–Crippen LogP) is -1.14. The molecular formula is C10H12BNO4. The Morgan fingerprint density at radius 2 is 2.38 bits per heavy atom. The first-order valence-corrected chi connectivity index (χ1v) is 4.98. The fraction of sp³-hybridized carbons (Fsp3) is 0.300. The Bertz CT molecular complexity index is 423. The average molecular weight is 221 g/mol. The molecular weight excluding hydrogens is 209 g/mol. The number of carboxylic acids is 1. The molecule has 6 heteroatoms. The second kappa shape index (κ2) is 4.25. The zero-order chi connectivity index (χ0) is 11.7. The maximum absolute atomic E-state index is 10.7. The summed E-state index contributed by atoms with van der Waals surface area (Å²) in [6.45, 7) is 0.305. The number of hydrogen-bond acceptors (Lipinski definition) is 4. The van der Waals surface area contributed by atoms with Crippen LogP contribution in [0.2, 0.25) is 0 Å². The highest BCUT2D eigenvalue weighted by Gasteiger charge is 2.29. The molecule has 84 valence electrons. The van der Waals surface area contributed by atoms with Crippen LogP contribution in [0.1, 0.15) is 11.1 Å². The lowest BCUT2D eigenvalue weighted by atomic mass is 9.78. The van der Waals surface area contributed by atoms with Crippen molar-refractivity contribution in [3.8, 4) is 0 Å². The van der Waals surface area contributed by atoms with Crippen LogP contribution in [0.15, 0.2) is 18.2 Å². The Kier molecular flexibility index (Phi) is 2.96. The molecule has 1 aromatic carbocycles. The first-order chi connectivity index (χ1) is 7.59. The summed E-state index contributed by atoms with van der Waals surface area (Å²) >= 11 is 0. The van der Waals surface area contributed by atoms with Crippen LogP contribution >= 0.6 is 0 Å². The Morgan fingerprint density at radius 1 is 1.62 bits per heavy atom. The molecule has 0 amide bonds. The van der Waals surface area contributed by atoms with Gasteiger partial charge in [0.1, 0.15) is 6.04 Å². The van der Waals surface area contributed by atoms with Gasteiger partial charge in [-0.05, 0) is 23.0 Å². The molecule has 2 rings (SSSR count). The summed E-state index contributed by atoms with van der Waals surface area (Å²) in [5.74, 6) is -1.03. The van der Waals surface area contributed by atoms with Gasteiger partial charge in [-0.2, -0.15) is 0 Å². The maximum atomic E-state index is 10.7. The second-order valence-electron chi connectivity index (χ2n) is 3.80. The summed E-state index contributed by atoms with van der Waals surface area (Å²) in [6, 6.07) is 4.41. The lowest BCUT2D eigenvalue weighted by molar-refractivity contribution is -0.138. The molecule has 0 aromatic heterocycles. The molecule has 4 N–H and O–H groups in total. The van der Waals surface area contributed by atoms with E-state index in [9.17, 15) is 9.82 Å². The predicted molar refractivity (Wildman–Crippen MR) is 58.2 cm³/mol. The van der Waals surface area contributed by atoms with Crippen LogP contribution in [-0.4, -0.2) is 29.3 Å². The highest BCUT2D eigenvalue weighted by atomic mass is 16.5. The topological polar surface area (TPSA) is 92.8 Å². The van der Waals surface area contributed by atoms with Crippen molar-refractivity contribution in [3.63, 3.8) is 0 Å². The van der Waals surface area contributed by atoms with Crippen molar-refractivity contribution < 1.29 is 19.6 Å². The highest BCUT2D eigenvalue weighted by molar-refractivity contribution is 6.61. The molecule has 1 aliphatic rings. The second-order valence-corrected chi connectivity index (χ2v) is 3.80. The third-order valence-electron chi connectivity index (χ3n) is 2.72. The molecule has 1 atom stereocenters. The third-order valence-corrected chi connectivity index (χ3v) is 2.72. The monoisotopic (exact) mass is 221 g/mol. The Balaban J connectivity index is 2.26. The van der Waals surface area contributed by atoms with Crippen molar-refractivity contribution in [1.29, 1.82) is 0 Å². The minimum atomic E-state index is -1.03. The fourth-order valence-electron chi connectivity index (χ4n) is 1.83. The van der Waals surface area contributed by atoms with Gasteiger partial charge in [0.15, 0.2) is 0 Å². The van der Waals surface area contributed by atoms with Gasteiger partial charge in [0.05, 0.1) is 6.61 Å². The number of hydrogen-bond donors (Lipinski definition) is 3. The summed E-state index contributed by atoms with van der Waals surface area (Å²) < 4.78 is 5.07. The fourth-order valence-corrected chi connectivity index (χ4v) is 1.83. The standard InChI is InChI=1S/C10H12BNO4/c12-9(10(13)14)4-6-2-1-3-8-7(6)5-16-11(8)15/h1-3,9,15H,4-5,12H2,(H,13,14)/t9-/m0/s1. The number of nitrogens with two attached hydrogens (primary N) is 1. The SMILES string of the molecule is N[C@@H](Cc1cccc2c1COB2O)C(=O)O. The van der Waals surface area contributed by atoms with E-state index in [0.717, 1.165) is 11.1 Å². The Hall–Kier alpha value is -1.37. The molecule has 0 bridgehead atoms. The van der Waals surface area contributed by atoms with Gasteiger partial charge in [-0.1, -0.05) is 18.2 Å². The van der Waals surface area contributed by atoms with Crippen LogP contribution in [0.4, 0.5) is 0 Å². The lowest BCUT2D eigenvalue weighted by Gasteiger charge is -2.10. The van der Waals surface area contributed by atoms with Gasteiger partial charge in [0.2, 0.25) is 0 Å². The summed E-state index contributed by atoms with van der Waals surface area (Å²) in [6.07, 6.45) is 0.245. The van der Waals surface area contributed by atoms with Gasteiger partial charge in [-0.3, -0.25) is 4.79 Å². The first kappa shape index (κ1) is 11.1. The van der Waals surface area contributed by atoms with E-state index in [1.165, 1.54) is 0 Å². The van der Waals surface area contributed by atoms with Crippen LogP contribution in [0.3, 0.4) is 0 Å². The van der Waals surface area contributed by atoms with Gasteiger partial charge >= 0.3 is 13.1 Å². The van der Waals surface area contributed by atoms with E-state index in [1.807, 2.05) is 6.07 Å². The molecule has 0 saturated heterocycles. The molecule has 16 heavy (non-hydrogen) atoms. The molecule has 0 radical (unpaired) electrons. The van der Waals surface area contributed by atoms with Gasteiger partial charge < -0.3 is 20.5 Å². The van der Waals surface area contributed by atoms with Crippen molar-refractivity contribution in [2.45, 2.75) is 19.1 Å². The van der Waals surface area contributed by atoms with Crippen LogP contribution in [0.5, 0.6) is 0 Å². The zero-order valence-corrected chi connectivity index (χ0v) is 8.59. The summed E-state index contributed by atoms with van der Waals surface area (Å²) in [5.41, 5.74) is 7.85. The van der Waals surface area contributed by atoms with E-state index in [0.29, 0.717) is 12.1 Å². The van der Waals surface area contributed by atoms with Crippen molar-refractivity contribution >= 4 is 18.6 Å². The molecule has 0 aliphatic carbocycles. The quantitative estimate of drug-likeness (QED) is 0.561. The van der Waals surface area contributed by atoms with Gasteiger partial charge in [-0.15, -0.1) is 0 Å².